The van der Waals surface area contributed by atoms with E-state index in [4.69, 9.17) is 5.73 Å². The minimum absolute atomic E-state index is 0.190. The van der Waals surface area contributed by atoms with Gasteiger partial charge in [-0.15, -0.1) is 0 Å². The Morgan fingerprint density at radius 2 is 1.87 bits per heavy atom. The molecule has 0 unspecified atom stereocenters. The molecule has 0 aliphatic carbocycles. The second-order valence-electron chi connectivity index (χ2n) is 3.59. The Kier molecular flexibility index (Phi) is 4.98. The van der Waals surface area contributed by atoms with E-state index in [1.165, 1.54) is 12.1 Å². The number of carbonyl (C=O) groups is 1. The Hall–Kier alpha value is -1.22. The lowest BCUT2D eigenvalue weighted by molar-refractivity contribution is -0.118. The van der Waals surface area contributed by atoms with Crippen LogP contribution in [0.2, 0.25) is 0 Å². The maximum atomic E-state index is 12.6. The highest BCUT2D eigenvalue weighted by Gasteiger charge is 2.03. The van der Waals surface area contributed by atoms with Crippen molar-refractivity contribution in [3.63, 3.8) is 0 Å². The number of hydrogen-bond acceptors (Lipinski definition) is 2. The number of unbranched alkanes of at least 4 members (excludes halogenated alkanes) is 1. The Balaban J connectivity index is 2.34. The van der Waals surface area contributed by atoms with Crippen LogP contribution in [0.4, 0.5) is 4.39 Å². The molecule has 0 fully saturated rings. The predicted octanol–water partition coefficient (Wildman–Crippen LogP) is 2.07. The molecule has 2 N–H and O–H groups in total. The summed E-state index contributed by atoms with van der Waals surface area (Å²) < 4.78 is 12.6. The van der Waals surface area contributed by atoms with Crippen molar-refractivity contribution in [3.8, 4) is 0 Å². The number of halogens is 1. The minimum Gasteiger partial charge on any atom is -0.330 e. The molecule has 1 rings (SSSR count). The van der Waals surface area contributed by atoms with Gasteiger partial charge in [0.25, 0.3) is 0 Å². The van der Waals surface area contributed by atoms with E-state index in [1.54, 1.807) is 12.1 Å². The number of carbonyl (C=O) groups excluding carboxylic acids is 1. The molecule has 0 saturated carbocycles. The summed E-state index contributed by atoms with van der Waals surface area (Å²) in [6.45, 7) is 0.629. The Labute approximate surface area is 89.3 Å². The van der Waals surface area contributed by atoms with E-state index in [2.05, 4.69) is 0 Å². The van der Waals surface area contributed by atoms with Gasteiger partial charge in [-0.1, -0.05) is 12.1 Å². The maximum Gasteiger partial charge on any atom is 0.137 e. The van der Waals surface area contributed by atoms with E-state index < -0.39 is 0 Å². The highest BCUT2D eigenvalue weighted by molar-refractivity contribution is 5.80. The van der Waals surface area contributed by atoms with Gasteiger partial charge in [-0.3, -0.25) is 4.79 Å². The van der Waals surface area contributed by atoms with Gasteiger partial charge in [-0.05, 0) is 37.1 Å². The van der Waals surface area contributed by atoms with E-state index in [0.29, 0.717) is 19.4 Å². The first-order valence-corrected chi connectivity index (χ1v) is 5.18. The molecular weight excluding hydrogens is 193 g/mol. The molecule has 0 aliphatic rings. The zero-order chi connectivity index (χ0) is 11.1. The lowest BCUT2D eigenvalue weighted by atomic mass is 10.0. The second-order valence-corrected chi connectivity index (χ2v) is 3.59. The fourth-order valence-electron chi connectivity index (χ4n) is 1.38. The van der Waals surface area contributed by atoms with Gasteiger partial charge in [0.1, 0.15) is 11.6 Å². The molecule has 0 heterocycles. The lowest BCUT2D eigenvalue weighted by Gasteiger charge is -2.00. The highest BCUT2D eigenvalue weighted by atomic mass is 19.1. The van der Waals surface area contributed by atoms with Crippen LogP contribution < -0.4 is 5.73 Å². The van der Waals surface area contributed by atoms with E-state index in [1.807, 2.05) is 0 Å². The maximum absolute atomic E-state index is 12.6. The van der Waals surface area contributed by atoms with Crippen LogP contribution in [-0.2, 0) is 11.2 Å². The van der Waals surface area contributed by atoms with Crippen molar-refractivity contribution in [3.05, 3.63) is 35.6 Å². The van der Waals surface area contributed by atoms with E-state index >= 15 is 0 Å². The number of Topliss-reactive ketones (excluding diaryl/α,β-unsaturated/α-hetero) is 1. The third-order valence-corrected chi connectivity index (χ3v) is 2.22. The summed E-state index contributed by atoms with van der Waals surface area (Å²) in [5, 5.41) is 0. The van der Waals surface area contributed by atoms with Crippen LogP contribution >= 0.6 is 0 Å². The van der Waals surface area contributed by atoms with E-state index in [-0.39, 0.29) is 11.6 Å². The van der Waals surface area contributed by atoms with Gasteiger partial charge in [0.05, 0.1) is 0 Å². The van der Waals surface area contributed by atoms with Crippen molar-refractivity contribution in [2.24, 2.45) is 5.73 Å². The van der Waals surface area contributed by atoms with Crippen LogP contribution in [0.1, 0.15) is 24.8 Å². The standard InChI is InChI=1S/C12H16FNO/c13-11-6-4-10(5-7-11)9-12(15)3-1-2-8-14/h4-7H,1-3,8-9,14H2. The molecule has 0 atom stereocenters. The van der Waals surface area contributed by atoms with Gasteiger partial charge in [0.2, 0.25) is 0 Å². The van der Waals surface area contributed by atoms with Crippen molar-refractivity contribution in [2.45, 2.75) is 25.7 Å². The molecule has 3 heteroatoms. The topological polar surface area (TPSA) is 43.1 Å². The summed E-state index contributed by atoms with van der Waals surface area (Å²) in [5.41, 5.74) is 6.20. The Morgan fingerprint density at radius 3 is 2.47 bits per heavy atom. The first-order valence-electron chi connectivity index (χ1n) is 5.18. The fourth-order valence-corrected chi connectivity index (χ4v) is 1.38. The molecular formula is C12H16FNO. The molecule has 0 bridgehead atoms. The molecule has 0 spiro atoms. The first-order chi connectivity index (χ1) is 7.22. The Morgan fingerprint density at radius 1 is 1.20 bits per heavy atom. The summed E-state index contributed by atoms with van der Waals surface area (Å²) in [4.78, 5) is 11.4. The highest BCUT2D eigenvalue weighted by Crippen LogP contribution is 2.06. The molecule has 2 nitrogen and oxygen atoms in total. The zero-order valence-corrected chi connectivity index (χ0v) is 8.71. The smallest absolute Gasteiger partial charge is 0.137 e. The molecule has 1 aromatic rings. The van der Waals surface area contributed by atoms with Crippen LogP contribution in [0.5, 0.6) is 0 Å². The third kappa shape index (κ3) is 4.70. The van der Waals surface area contributed by atoms with Crippen molar-refractivity contribution in [2.75, 3.05) is 6.54 Å². The molecule has 0 saturated heterocycles. The molecule has 1 aromatic carbocycles. The monoisotopic (exact) mass is 209 g/mol. The molecule has 15 heavy (non-hydrogen) atoms. The molecule has 0 radical (unpaired) electrons. The van der Waals surface area contributed by atoms with Crippen LogP contribution in [0.25, 0.3) is 0 Å². The van der Waals surface area contributed by atoms with Gasteiger partial charge in [-0.2, -0.15) is 0 Å². The fraction of sp³-hybridized carbons (Fsp3) is 0.417. The Bertz CT molecular complexity index is 308. The van der Waals surface area contributed by atoms with Gasteiger partial charge < -0.3 is 5.73 Å². The van der Waals surface area contributed by atoms with Crippen LogP contribution in [0.3, 0.4) is 0 Å². The van der Waals surface area contributed by atoms with Gasteiger partial charge in [0.15, 0.2) is 0 Å². The molecule has 0 aliphatic heterocycles. The van der Waals surface area contributed by atoms with E-state index in [9.17, 15) is 9.18 Å². The largest absolute Gasteiger partial charge is 0.330 e. The summed E-state index contributed by atoms with van der Waals surface area (Å²) >= 11 is 0. The van der Waals surface area contributed by atoms with E-state index in [0.717, 1.165) is 18.4 Å². The van der Waals surface area contributed by atoms with Gasteiger partial charge in [0, 0.05) is 12.8 Å². The quantitative estimate of drug-likeness (QED) is 0.729. The van der Waals surface area contributed by atoms with Crippen LogP contribution in [-0.4, -0.2) is 12.3 Å². The van der Waals surface area contributed by atoms with Crippen molar-refractivity contribution in [1.29, 1.82) is 0 Å². The SMILES string of the molecule is NCCCCC(=O)Cc1ccc(F)cc1. The number of benzene rings is 1. The summed E-state index contributed by atoms with van der Waals surface area (Å²) in [7, 11) is 0. The summed E-state index contributed by atoms with van der Waals surface area (Å²) in [6, 6.07) is 6.05. The van der Waals surface area contributed by atoms with Crippen LogP contribution in [0.15, 0.2) is 24.3 Å². The van der Waals surface area contributed by atoms with Crippen molar-refractivity contribution < 1.29 is 9.18 Å². The minimum atomic E-state index is -0.269. The normalized spacial score (nSPS) is 10.3. The van der Waals surface area contributed by atoms with Gasteiger partial charge >= 0.3 is 0 Å². The van der Waals surface area contributed by atoms with Crippen LogP contribution in [0, 0.1) is 5.82 Å². The first kappa shape index (κ1) is 11.9. The number of nitrogens with two attached hydrogens (primary N) is 1. The predicted molar refractivity (Wildman–Crippen MR) is 58.0 cm³/mol. The van der Waals surface area contributed by atoms with Gasteiger partial charge in [-0.25, -0.2) is 4.39 Å². The number of rotatable bonds is 6. The number of hydrogen-bond donors (Lipinski definition) is 1. The molecule has 82 valence electrons. The third-order valence-electron chi connectivity index (χ3n) is 2.22. The molecule has 0 aromatic heterocycles. The zero-order valence-electron chi connectivity index (χ0n) is 8.71. The average Bonchev–Trinajstić information content (AvgIpc) is 2.22. The average molecular weight is 209 g/mol. The van der Waals surface area contributed by atoms with Crippen molar-refractivity contribution >= 4 is 5.78 Å². The number of ketones is 1. The molecule has 0 amide bonds. The summed E-state index contributed by atoms with van der Waals surface area (Å²) in [5.74, 6) is -0.0793. The second kappa shape index (κ2) is 6.30. The lowest BCUT2D eigenvalue weighted by Crippen LogP contribution is -2.05. The summed E-state index contributed by atoms with van der Waals surface area (Å²) in [6.07, 6.45) is 2.69. The van der Waals surface area contributed by atoms with Crippen molar-refractivity contribution in [1.82, 2.24) is 0 Å².